The largest absolute Gasteiger partial charge is 0.383 e. The zero-order chi connectivity index (χ0) is 18.8. The van der Waals surface area contributed by atoms with Gasteiger partial charge in [-0.3, -0.25) is 4.99 Å². The molecular formula is C17H28N4O4S. The summed E-state index contributed by atoms with van der Waals surface area (Å²) >= 11 is 0. The molecule has 9 heteroatoms. The summed E-state index contributed by atoms with van der Waals surface area (Å²) in [5, 5.41) is 6.28. The Morgan fingerprint density at radius 2 is 2.08 bits per heavy atom. The maximum Gasteiger partial charge on any atom is 0.240 e. The summed E-state index contributed by atoms with van der Waals surface area (Å²) < 4.78 is 37.7. The lowest BCUT2D eigenvalue weighted by Crippen LogP contribution is -2.38. The van der Waals surface area contributed by atoms with E-state index in [2.05, 4.69) is 20.3 Å². The molecule has 1 unspecified atom stereocenters. The fourth-order valence-corrected chi connectivity index (χ4v) is 3.62. The average Bonchev–Trinajstić information content (AvgIpc) is 3.17. The molecule has 3 N–H and O–H groups in total. The summed E-state index contributed by atoms with van der Waals surface area (Å²) in [5.41, 5.74) is 0.956. The maximum absolute atomic E-state index is 12.3. The molecule has 1 aliphatic rings. The van der Waals surface area contributed by atoms with Gasteiger partial charge in [-0.15, -0.1) is 0 Å². The molecule has 1 aromatic carbocycles. The van der Waals surface area contributed by atoms with E-state index in [0.717, 1.165) is 18.4 Å². The molecule has 26 heavy (non-hydrogen) atoms. The molecule has 2 rings (SSSR count). The van der Waals surface area contributed by atoms with Gasteiger partial charge in [-0.25, -0.2) is 13.1 Å². The minimum Gasteiger partial charge on any atom is -0.383 e. The first kappa shape index (κ1) is 20.6. The number of benzene rings is 1. The Hall–Kier alpha value is -1.68. The van der Waals surface area contributed by atoms with Crippen molar-refractivity contribution < 1.29 is 17.9 Å². The van der Waals surface area contributed by atoms with Crippen molar-refractivity contribution in [1.29, 1.82) is 0 Å². The second-order valence-electron chi connectivity index (χ2n) is 5.98. The predicted octanol–water partition coefficient (Wildman–Crippen LogP) is 0.455. The first-order chi connectivity index (χ1) is 12.5. The number of aliphatic imine (C=N–C) groups is 1. The smallest absolute Gasteiger partial charge is 0.240 e. The lowest BCUT2D eigenvalue weighted by atomic mass is 10.2. The molecule has 1 atom stereocenters. The summed E-state index contributed by atoms with van der Waals surface area (Å²) in [6, 6.07) is 6.79. The van der Waals surface area contributed by atoms with E-state index in [1.807, 2.05) is 0 Å². The maximum atomic E-state index is 12.3. The average molecular weight is 385 g/mol. The standard InChI is InChI=1S/C17H28N4O4S/c1-18-17(19-9-11-24-2)20-12-14-5-7-16(8-6-14)26(22,23)21-13-15-4-3-10-25-15/h5-8,15,21H,3-4,9-13H2,1-2H3,(H2,18,19,20). The van der Waals surface area contributed by atoms with E-state index in [9.17, 15) is 8.42 Å². The lowest BCUT2D eigenvalue weighted by Gasteiger charge is -2.13. The zero-order valence-corrected chi connectivity index (χ0v) is 16.1. The molecule has 1 heterocycles. The second-order valence-corrected chi connectivity index (χ2v) is 7.74. The van der Waals surface area contributed by atoms with Crippen LogP contribution < -0.4 is 15.4 Å². The summed E-state index contributed by atoms with van der Waals surface area (Å²) in [6.07, 6.45) is 1.86. The van der Waals surface area contributed by atoms with Crippen LogP contribution in [-0.4, -0.2) is 60.9 Å². The third-order valence-electron chi connectivity index (χ3n) is 4.04. The summed E-state index contributed by atoms with van der Waals surface area (Å²) in [6.45, 7) is 2.80. The van der Waals surface area contributed by atoms with Gasteiger partial charge in [-0.05, 0) is 30.5 Å². The van der Waals surface area contributed by atoms with E-state index in [4.69, 9.17) is 9.47 Å². The van der Waals surface area contributed by atoms with Crippen molar-refractivity contribution in [3.05, 3.63) is 29.8 Å². The molecule has 1 aromatic rings. The molecule has 0 bridgehead atoms. The lowest BCUT2D eigenvalue weighted by molar-refractivity contribution is 0.114. The highest BCUT2D eigenvalue weighted by atomic mass is 32.2. The van der Waals surface area contributed by atoms with Gasteiger partial charge in [-0.1, -0.05) is 12.1 Å². The predicted molar refractivity (Wildman–Crippen MR) is 101 cm³/mol. The monoisotopic (exact) mass is 384 g/mol. The molecule has 0 aromatic heterocycles. The summed E-state index contributed by atoms with van der Waals surface area (Å²) in [5.74, 6) is 0.664. The van der Waals surface area contributed by atoms with Crippen LogP contribution in [0.1, 0.15) is 18.4 Å². The molecule has 0 aliphatic carbocycles. The van der Waals surface area contributed by atoms with Crippen molar-refractivity contribution in [2.45, 2.75) is 30.4 Å². The number of guanidine groups is 1. The fourth-order valence-electron chi connectivity index (χ4n) is 2.56. The van der Waals surface area contributed by atoms with Gasteiger partial charge in [0.15, 0.2) is 5.96 Å². The Kier molecular flexibility index (Phi) is 8.30. The Bertz CT molecular complexity index is 671. The number of nitrogens with one attached hydrogen (secondary N) is 3. The highest BCUT2D eigenvalue weighted by molar-refractivity contribution is 7.89. The molecule has 1 aliphatic heterocycles. The molecule has 1 saturated heterocycles. The molecule has 0 radical (unpaired) electrons. The van der Waals surface area contributed by atoms with Gasteiger partial charge < -0.3 is 20.1 Å². The third-order valence-corrected chi connectivity index (χ3v) is 5.48. The SMILES string of the molecule is CN=C(NCCOC)NCc1ccc(S(=O)(=O)NCC2CCCO2)cc1. The van der Waals surface area contributed by atoms with Crippen LogP contribution in [0.5, 0.6) is 0 Å². The zero-order valence-electron chi connectivity index (χ0n) is 15.3. The van der Waals surface area contributed by atoms with Crippen LogP contribution in [0.3, 0.4) is 0 Å². The number of rotatable bonds is 9. The van der Waals surface area contributed by atoms with E-state index in [0.29, 0.717) is 38.8 Å². The van der Waals surface area contributed by atoms with Crippen LogP contribution >= 0.6 is 0 Å². The first-order valence-electron chi connectivity index (χ1n) is 8.69. The molecule has 1 fully saturated rings. The number of sulfonamides is 1. The number of methoxy groups -OCH3 is 1. The molecule has 0 saturated carbocycles. The molecule has 8 nitrogen and oxygen atoms in total. The van der Waals surface area contributed by atoms with Gasteiger partial charge in [-0.2, -0.15) is 0 Å². The van der Waals surface area contributed by atoms with Crippen molar-refractivity contribution in [2.75, 3.05) is 40.5 Å². The minimum absolute atomic E-state index is 0.0226. The van der Waals surface area contributed by atoms with Crippen LogP contribution in [0, 0.1) is 0 Å². The molecule has 0 amide bonds. The number of hydrogen-bond acceptors (Lipinski definition) is 5. The van der Waals surface area contributed by atoms with E-state index >= 15 is 0 Å². The first-order valence-corrected chi connectivity index (χ1v) is 10.2. The van der Waals surface area contributed by atoms with E-state index in [1.54, 1.807) is 38.4 Å². The van der Waals surface area contributed by atoms with E-state index in [-0.39, 0.29) is 11.0 Å². The second kappa shape index (κ2) is 10.5. The van der Waals surface area contributed by atoms with Crippen molar-refractivity contribution in [3.8, 4) is 0 Å². The number of hydrogen-bond donors (Lipinski definition) is 3. The van der Waals surface area contributed by atoms with Crippen molar-refractivity contribution >= 4 is 16.0 Å². The van der Waals surface area contributed by atoms with Gasteiger partial charge >= 0.3 is 0 Å². The molecule has 146 valence electrons. The Balaban J connectivity index is 1.84. The molecular weight excluding hydrogens is 356 g/mol. The van der Waals surface area contributed by atoms with Gasteiger partial charge in [0, 0.05) is 40.4 Å². The van der Waals surface area contributed by atoms with Gasteiger partial charge in [0.25, 0.3) is 0 Å². The quantitative estimate of drug-likeness (QED) is 0.325. The Morgan fingerprint density at radius 3 is 2.69 bits per heavy atom. The van der Waals surface area contributed by atoms with Crippen molar-refractivity contribution in [2.24, 2.45) is 4.99 Å². The normalized spacial score (nSPS) is 18.1. The van der Waals surface area contributed by atoms with Crippen LogP contribution in [0.2, 0.25) is 0 Å². The van der Waals surface area contributed by atoms with Crippen LogP contribution in [0.15, 0.2) is 34.2 Å². The number of nitrogens with zero attached hydrogens (tertiary/aromatic N) is 1. The van der Waals surface area contributed by atoms with Gasteiger partial charge in [0.2, 0.25) is 10.0 Å². The highest BCUT2D eigenvalue weighted by Crippen LogP contribution is 2.14. The summed E-state index contributed by atoms with van der Waals surface area (Å²) in [7, 11) is -0.182. The topological polar surface area (TPSA) is 101 Å². The molecule has 0 spiro atoms. The van der Waals surface area contributed by atoms with Crippen molar-refractivity contribution in [3.63, 3.8) is 0 Å². The van der Waals surface area contributed by atoms with Gasteiger partial charge in [0.1, 0.15) is 0 Å². The van der Waals surface area contributed by atoms with Crippen LogP contribution in [0.4, 0.5) is 0 Å². The Labute approximate surface area is 155 Å². The number of ether oxygens (including phenoxy) is 2. The third kappa shape index (κ3) is 6.56. The van der Waals surface area contributed by atoms with E-state index in [1.165, 1.54) is 0 Å². The van der Waals surface area contributed by atoms with Crippen LogP contribution in [-0.2, 0) is 26.0 Å². The minimum atomic E-state index is -3.52. The fraction of sp³-hybridized carbons (Fsp3) is 0.588. The van der Waals surface area contributed by atoms with Gasteiger partial charge in [0.05, 0.1) is 17.6 Å². The summed E-state index contributed by atoms with van der Waals surface area (Å²) in [4.78, 5) is 4.37. The van der Waals surface area contributed by atoms with Crippen LogP contribution in [0.25, 0.3) is 0 Å². The van der Waals surface area contributed by atoms with Crippen molar-refractivity contribution in [1.82, 2.24) is 15.4 Å². The Morgan fingerprint density at radius 1 is 1.31 bits per heavy atom. The van der Waals surface area contributed by atoms with E-state index < -0.39 is 10.0 Å². The highest BCUT2D eigenvalue weighted by Gasteiger charge is 2.20.